The van der Waals surface area contributed by atoms with Crippen LogP contribution in [0.2, 0.25) is 0 Å². The topological polar surface area (TPSA) is 37.3 Å². The molecule has 1 aromatic rings. The van der Waals surface area contributed by atoms with Crippen LogP contribution < -0.4 is 0 Å². The van der Waals surface area contributed by atoms with Gasteiger partial charge in [-0.25, -0.2) is 0 Å². The summed E-state index contributed by atoms with van der Waals surface area (Å²) < 4.78 is 0. The Morgan fingerprint density at radius 2 is 1.33 bits per heavy atom. The fraction of sp³-hybridized carbons (Fsp3) is 0.774. The third-order valence-corrected chi connectivity index (χ3v) is 9.98. The number of aliphatic carboxylic acids is 1. The quantitative estimate of drug-likeness (QED) is 0.427. The Morgan fingerprint density at radius 3 is 1.88 bits per heavy atom. The van der Waals surface area contributed by atoms with E-state index in [1.165, 1.54) is 81.8 Å². The number of benzene rings is 1. The van der Waals surface area contributed by atoms with Crippen LogP contribution in [0.4, 0.5) is 0 Å². The lowest BCUT2D eigenvalue weighted by Gasteiger charge is -2.48. The predicted octanol–water partition coefficient (Wildman–Crippen LogP) is 9.10. The molecular formula is C31H48O2. The Bertz CT molecular complexity index is 737. The molecule has 2 atom stereocenters. The zero-order valence-corrected chi connectivity index (χ0v) is 21.4. The van der Waals surface area contributed by atoms with Gasteiger partial charge in [-0.1, -0.05) is 89.5 Å². The molecule has 0 aliphatic heterocycles. The molecule has 0 aromatic heterocycles. The molecule has 0 spiro atoms. The van der Waals surface area contributed by atoms with E-state index in [4.69, 9.17) is 0 Å². The third-order valence-electron chi connectivity index (χ3n) is 9.98. The Hall–Kier alpha value is -1.31. The Morgan fingerprint density at radius 1 is 0.788 bits per heavy atom. The van der Waals surface area contributed by atoms with Gasteiger partial charge in [-0.15, -0.1) is 0 Å². The predicted molar refractivity (Wildman–Crippen MR) is 138 cm³/mol. The molecule has 2 heteroatoms. The summed E-state index contributed by atoms with van der Waals surface area (Å²) in [6, 6.07) is 9.37. The van der Waals surface area contributed by atoms with Crippen LogP contribution in [-0.2, 0) is 4.79 Å². The van der Waals surface area contributed by atoms with Gasteiger partial charge in [0.1, 0.15) is 0 Å². The van der Waals surface area contributed by atoms with Gasteiger partial charge in [-0.2, -0.15) is 0 Å². The summed E-state index contributed by atoms with van der Waals surface area (Å²) in [5.41, 5.74) is 2.25. The van der Waals surface area contributed by atoms with Crippen LogP contribution >= 0.6 is 0 Å². The lowest BCUT2D eigenvalue weighted by molar-refractivity contribution is -0.159. The van der Waals surface area contributed by atoms with E-state index in [9.17, 15) is 9.90 Å². The maximum atomic E-state index is 13.0. The van der Waals surface area contributed by atoms with Crippen molar-refractivity contribution in [3.63, 3.8) is 0 Å². The molecule has 33 heavy (non-hydrogen) atoms. The van der Waals surface area contributed by atoms with E-state index < -0.39 is 11.4 Å². The van der Waals surface area contributed by atoms with Crippen LogP contribution in [0.25, 0.3) is 0 Å². The highest BCUT2D eigenvalue weighted by Gasteiger charge is 2.53. The van der Waals surface area contributed by atoms with Gasteiger partial charge in [0.05, 0.1) is 5.41 Å². The Kier molecular flexibility index (Phi) is 8.58. The molecular weight excluding hydrogens is 404 g/mol. The second kappa shape index (κ2) is 11.4. The summed E-state index contributed by atoms with van der Waals surface area (Å²) in [7, 11) is 0. The number of carboxylic acid groups (broad SMARTS) is 1. The van der Waals surface area contributed by atoms with Crippen molar-refractivity contribution in [2.24, 2.45) is 23.2 Å². The standard InChI is InChI=1S/C31H48O2/c1-3-7-23-10-14-25(15-11-23)26-16-18-27(19-17-26)29-9-5-6-22-31(29,30(32)33)28-20-12-24(8-4-2)13-21-28/h16-19,23-25,28-29H,3-15,20-22H2,1-2H3,(H,32,33)/t23?,24?,25?,28?,29-,31+/m1/s1. The van der Waals surface area contributed by atoms with Gasteiger partial charge >= 0.3 is 5.97 Å². The average Bonchev–Trinajstić information content (AvgIpc) is 2.85. The first kappa shape index (κ1) is 24.8. The van der Waals surface area contributed by atoms with E-state index in [0.29, 0.717) is 11.8 Å². The van der Waals surface area contributed by atoms with Gasteiger partial charge in [-0.3, -0.25) is 4.79 Å². The van der Waals surface area contributed by atoms with Gasteiger partial charge in [0.15, 0.2) is 0 Å². The first-order valence-electron chi connectivity index (χ1n) is 14.4. The molecule has 184 valence electrons. The Balaban J connectivity index is 1.49. The molecule has 3 saturated carbocycles. The van der Waals surface area contributed by atoms with Crippen molar-refractivity contribution < 1.29 is 9.90 Å². The lowest BCUT2D eigenvalue weighted by Crippen LogP contribution is -2.47. The van der Waals surface area contributed by atoms with Crippen LogP contribution in [0.15, 0.2) is 24.3 Å². The first-order valence-corrected chi connectivity index (χ1v) is 14.4. The van der Waals surface area contributed by atoms with Crippen molar-refractivity contribution >= 4 is 5.97 Å². The summed E-state index contributed by atoms with van der Waals surface area (Å²) >= 11 is 0. The molecule has 0 amide bonds. The second-order valence-electron chi connectivity index (χ2n) is 11.8. The van der Waals surface area contributed by atoms with E-state index in [1.54, 1.807) is 0 Å². The highest BCUT2D eigenvalue weighted by atomic mass is 16.4. The lowest BCUT2D eigenvalue weighted by atomic mass is 9.54. The highest BCUT2D eigenvalue weighted by Crippen LogP contribution is 2.56. The van der Waals surface area contributed by atoms with Gasteiger partial charge in [0.25, 0.3) is 0 Å². The summed E-state index contributed by atoms with van der Waals surface area (Å²) in [6.45, 7) is 4.59. The molecule has 0 unspecified atom stereocenters. The Labute approximate surface area is 202 Å². The zero-order valence-electron chi connectivity index (χ0n) is 21.4. The fourth-order valence-electron chi connectivity index (χ4n) is 8.15. The van der Waals surface area contributed by atoms with Crippen LogP contribution in [0.3, 0.4) is 0 Å². The van der Waals surface area contributed by atoms with Crippen LogP contribution in [0.5, 0.6) is 0 Å². The molecule has 0 saturated heterocycles. The van der Waals surface area contributed by atoms with E-state index >= 15 is 0 Å². The molecule has 3 aliphatic carbocycles. The molecule has 0 bridgehead atoms. The maximum Gasteiger partial charge on any atom is 0.310 e. The third kappa shape index (κ3) is 5.35. The molecule has 2 nitrogen and oxygen atoms in total. The second-order valence-corrected chi connectivity index (χ2v) is 11.8. The molecule has 4 rings (SSSR count). The number of hydrogen-bond acceptors (Lipinski definition) is 1. The molecule has 1 aromatic carbocycles. The molecule has 1 N–H and O–H groups in total. The van der Waals surface area contributed by atoms with E-state index in [0.717, 1.165) is 43.9 Å². The van der Waals surface area contributed by atoms with Crippen molar-refractivity contribution in [3.8, 4) is 0 Å². The van der Waals surface area contributed by atoms with E-state index in [-0.39, 0.29) is 5.92 Å². The minimum Gasteiger partial charge on any atom is -0.481 e. The van der Waals surface area contributed by atoms with Crippen LogP contribution in [0, 0.1) is 23.2 Å². The monoisotopic (exact) mass is 452 g/mol. The van der Waals surface area contributed by atoms with Gasteiger partial charge in [0.2, 0.25) is 0 Å². The van der Waals surface area contributed by atoms with Crippen LogP contribution in [0.1, 0.15) is 140 Å². The van der Waals surface area contributed by atoms with Crippen molar-refractivity contribution in [1.29, 1.82) is 0 Å². The smallest absolute Gasteiger partial charge is 0.310 e. The van der Waals surface area contributed by atoms with Gasteiger partial charge in [0, 0.05) is 5.92 Å². The zero-order chi connectivity index (χ0) is 23.3. The normalized spacial score (nSPS) is 35.3. The molecule has 0 heterocycles. The maximum absolute atomic E-state index is 13.0. The SMILES string of the molecule is CCCC1CCC(c2ccc([C@H]3CCCC[C@]3(C(=O)O)C3CCC(CCC)CC3)cc2)CC1. The summed E-state index contributed by atoms with van der Waals surface area (Å²) in [5, 5.41) is 10.7. The summed E-state index contributed by atoms with van der Waals surface area (Å²) in [5.74, 6) is 2.50. The molecule has 3 aliphatic rings. The highest BCUT2D eigenvalue weighted by molar-refractivity contribution is 5.77. The van der Waals surface area contributed by atoms with Crippen molar-refractivity contribution in [3.05, 3.63) is 35.4 Å². The van der Waals surface area contributed by atoms with Crippen molar-refractivity contribution in [2.45, 2.75) is 128 Å². The number of hydrogen-bond donors (Lipinski definition) is 1. The van der Waals surface area contributed by atoms with Gasteiger partial charge < -0.3 is 5.11 Å². The minimum atomic E-state index is -0.546. The summed E-state index contributed by atoms with van der Waals surface area (Å²) in [6.07, 6.45) is 19.6. The van der Waals surface area contributed by atoms with E-state index in [2.05, 4.69) is 38.1 Å². The van der Waals surface area contributed by atoms with Crippen molar-refractivity contribution in [1.82, 2.24) is 0 Å². The fourth-order valence-corrected chi connectivity index (χ4v) is 8.15. The number of carboxylic acids is 1. The first-order chi connectivity index (χ1) is 16.1. The summed E-state index contributed by atoms with van der Waals surface area (Å²) in [4.78, 5) is 13.0. The average molecular weight is 453 g/mol. The number of carbonyl (C=O) groups is 1. The van der Waals surface area contributed by atoms with Crippen molar-refractivity contribution in [2.75, 3.05) is 0 Å². The molecule has 0 radical (unpaired) electrons. The molecule has 3 fully saturated rings. The largest absolute Gasteiger partial charge is 0.481 e. The van der Waals surface area contributed by atoms with Gasteiger partial charge in [-0.05, 0) is 86.2 Å². The van der Waals surface area contributed by atoms with Crippen LogP contribution in [-0.4, -0.2) is 11.1 Å². The minimum absolute atomic E-state index is 0.186. The number of rotatable bonds is 8. The van der Waals surface area contributed by atoms with E-state index in [1.807, 2.05) is 0 Å².